The van der Waals surface area contributed by atoms with Crippen molar-refractivity contribution in [3.8, 4) is 0 Å². The van der Waals surface area contributed by atoms with Crippen molar-refractivity contribution >= 4 is 29.9 Å². The summed E-state index contributed by atoms with van der Waals surface area (Å²) in [5.74, 6) is 1.70. The summed E-state index contributed by atoms with van der Waals surface area (Å²) < 4.78 is 5.61. The molecule has 2 aliphatic rings. The Morgan fingerprint density at radius 1 is 1.33 bits per heavy atom. The summed E-state index contributed by atoms with van der Waals surface area (Å²) in [7, 11) is 0. The molecule has 2 rings (SSSR count). The predicted molar refractivity (Wildman–Crippen MR) is 96.3 cm³/mol. The Labute approximate surface area is 145 Å². The van der Waals surface area contributed by atoms with Crippen LogP contribution in [-0.4, -0.2) is 50.5 Å². The molecule has 0 radical (unpaired) electrons. The van der Waals surface area contributed by atoms with Crippen molar-refractivity contribution < 1.29 is 9.84 Å². The van der Waals surface area contributed by atoms with Crippen LogP contribution in [0.4, 0.5) is 0 Å². The van der Waals surface area contributed by atoms with E-state index in [-0.39, 0.29) is 36.0 Å². The SMILES string of the molecule is CCNC(=NCC1(CO)CC1)NCCCOCC1CC1.I. The molecule has 0 aromatic heterocycles. The molecule has 124 valence electrons. The first-order chi connectivity index (χ1) is 9.78. The largest absolute Gasteiger partial charge is 0.396 e. The van der Waals surface area contributed by atoms with Crippen LogP contribution in [0, 0.1) is 11.3 Å². The molecule has 2 saturated carbocycles. The number of aliphatic hydroxyl groups is 1. The van der Waals surface area contributed by atoms with E-state index in [1.807, 2.05) is 0 Å². The van der Waals surface area contributed by atoms with Crippen LogP contribution < -0.4 is 10.6 Å². The summed E-state index contributed by atoms with van der Waals surface area (Å²) in [4.78, 5) is 4.57. The fourth-order valence-corrected chi connectivity index (χ4v) is 2.05. The highest BCUT2D eigenvalue weighted by Gasteiger charge is 2.41. The molecule has 2 fully saturated rings. The average molecular weight is 411 g/mol. The number of nitrogens with zero attached hydrogens (tertiary/aromatic N) is 1. The predicted octanol–water partition coefficient (Wildman–Crippen LogP) is 1.75. The van der Waals surface area contributed by atoms with E-state index in [1.165, 1.54) is 12.8 Å². The molecule has 0 aromatic carbocycles. The fourth-order valence-electron chi connectivity index (χ4n) is 2.05. The first-order valence-electron chi connectivity index (χ1n) is 7.99. The third kappa shape index (κ3) is 7.65. The summed E-state index contributed by atoms with van der Waals surface area (Å²) in [6.07, 6.45) is 5.90. The molecule has 0 heterocycles. The maximum Gasteiger partial charge on any atom is 0.191 e. The molecule has 0 aromatic rings. The third-order valence-corrected chi connectivity index (χ3v) is 4.02. The standard InChI is InChI=1S/C15H29N3O2.HI/c1-2-16-14(18-11-15(12-19)6-7-15)17-8-3-9-20-10-13-4-5-13;/h13,19H,2-12H2,1H3,(H2,16,17,18);1H. The van der Waals surface area contributed by atoms with Crippen molar-refractivity contribution in [2.45, 2.75) is 39.0 Å². The van der Waals surface area contributed by atoms with E-state index in [4.69, 9.17) is 4.74 Å². The van der Waals surface area contributed by atoms with Crippen LogP contribution in [0.25, 0.3) is 0 Å². The Morgan fingerprint density at radius 2 is 2.10 bits per heavy atom. The van der Waals surface area contributed by atoms with Crippen LogP contribution in [0.2, 0.25) is 0 Å². The van der Waals surface area contributed by atoms with Gasteiger partial charge in [-0.05, 0) is 44.9 Å². The Balaban J connectivity index is 0.00000220. The van der Waals surface area contributed by atoms with Gasteiger partial charge < -0.3 is 20.5 Å². The number of rotatable bonds is 10. The van der Waals surface area contributed by atoms with Crippen LogP contribution in [0.5, 0.6) is 0 Å². The summed E-state index contributed by atoms with van der Waals surface area (Å²) in [5.41, 5.74) is 0.0791. The van der Waals surface area contributed by atoms with Crippen molar-refractivity contribution in [1.29, 1.82) is 0 Å². The molecule has 2 aliphatic carbocycles. The second-order valence-corrected chi connectivity index (χ2v) is 6.15. The molecule has 0 bridgehead atoms. The van der Waals surface area contributed by atoms with E-state index in [2.05, 4.69) is 22.5 Å². The van der Waals surface area contributed by atoms with E-state index in [0.29, 0.717) is 0 Å². The van der Waals surface area contributed by atoms with Gasteiger partial charge in [0.25, 0.3) is 0 Å². The summed E-state index contributed by atoms with van der Waals surface area (Å²) in [5, 5.41) is 15.9. The van der Waals surface area contributed by atoms with E-state index in [0.717, 1.165) is 64.0 Å². The molecule has 0 atom stereocenters. The van der Waals surface area contributed by atoms with Gasteiger partial charge in [-0.3, -0.25) is 4.99 Å². The minimum atomic E-state index is 0. The normalized spacial score (nSPS) is 19.8. The van der Waals surface area contributed by atoms with Crippen molar-refractivity contribution in [3.63, 3.8) is 0 Å². The number of ether oxygens (including phenoxy) is 1. The number of aliphatic hydroxyl groups excluding tert-OH is 1. The van der Waals surface area contributed by atoms with Gasteiger partial charge in [-0.25, -0.2) is 0 Å². The monoisotopic (exact) mass is 411 g/mol. The minimum absolute atomic E-state index is 0. The lowest BCUT2D eigenvalue weighted by Crippen LogP contribution is -2.38. The van der Waals surface area contributed by atoms with Gasteiger partial charge in [0.05, 0.1) is 13.2 Å². The molecule has 6 heteroatoms. The van der Waals surface area contributed by atoms with Crippen molar-refractivity contribution in [1.82, 2.24) is 10.6 Å². The lowest BCUT2D eigenvalue weighted by molar-refractivity contribution is 0.123. The average Bonchev–Trinajstić information content (AvgIpc) is 3.35. The number of nitrogens with one attached hydrogen (secondary N) is 2. The number of guanidine groups is 1. The van der Waals surface area contributed by atoms with Crippen molar-refractivity contribution in [2.75, 3.05) is 39.5 Å². The quantitative estimate of drug-likeness (QED) is 0.222. The molecule has 3 N–H and O–H groups in total. The van der Waals surface area contributed by atoms with Gasteiger partial charge in [0, 0.05) is 31.7 Å². The maximum absolute atomic E-state index is 9.30. The Kier molecular flexibility index (Phi) is 8.89. The Bertz CT molecular complexity index is 318. The zero-order chi connectivity index (χ0) is 14.3. The molecular formula is C15H30IN3O2. The first kappa shape index (κ1) is 19.0. The first-order valence-corrected chi connectivity index (χ1v) is 7.99. The lowest BCUT2D eigenvalue weighted by atomic mass is 10.1. The van der Waals surface area contributed by atoms with Gasteiger partial charge in [0.1, 0.15) is 0 Å². The van der Waals surface area contributed by atoms with Crippen LogP contribution in [0.15, 0.2) is 4.99 Å². The fraction of sp³-hybridized carbons (Fsp3) is 0.933. The van der Waals surface area contributed by atoms with Gasteiger partial charge in [-0.1, -0.05) is 0 Å². The highest BCUT2D eigenvalue weighted by Crippen LogP contribution is 2.45. The van der Waals surface area contributed by atoms with Gasteiger partial charge in [0.2, 0.25) is 0 Å². The van der Waals surface area contributed by atoms with E-state index >= 15 is 0 Å². The number of aliphatic imine (C=N–C) groups is 1. The molecule has 21 heavy (non-hydrogen) atoms. The molecule has 0 amide bonds. The van der Waals surface area contributed by atoms with E-state index in [1.54, 1.807) is 0 Å². The number of hydrogen-bond acceptors (Lipinski definition) is 3. The Morgan fingerprint density at radius 3 is 2.67 bits per heavy atom. The van der Waals surface area contributed by atoms with Gasteiger partial charge in [-0.2, -0.15) is 0 Å². The van der Waals surface area contributed by atoms with Gasteiger partial charge in [-0.15, -0.1) is 24.0 Å². The second-order valence-electron chi connectivity index (χ2n) is 6.15. The molecule has 0 saturated heterocycles. The maximum atomic E-state index is 9.30. The molecule has 0 unspecified atom stereocenters. The highest BCUT2D eigenvalue weighted by molar-refractivity contribution is 14.0. The van der Waals surface area contributed by atoms with Crippen LogP contribution in [0.1, 0.15) is 39.0 Å². The summed E-state index contributed by atoms with van der Waals surface area (Å²) >= 11 is 0. The molecule has 0 aliphatic heterocycles. The molecule has 0 spiro atoms. The second kappa shape index (κ2) is 9.84. The zero-order valence-corrected chi connectivity index (χ0v) is 15.4. The zero-order valence-electron chi connectivity index (χ0n) is 13.1. The lowest BCUT2D eigenvalue weighted by Gasteiger charge is -2.13. The minimum Gasteiger partial charge on any atom is -0.396 e. The van der Waals surface area contributed by atoms with Crippen LogP contribution >= 0.6 is 24.0 Å². The summed E-state index contributed by atoms with van der Waals surface area (Å²) in [6, 6.07) is 0. The molecule has 5 nitrogen and oxygen atoms in total. The number of hydrogen-bond donors (Lipinski definition) is 3. The van der Waals surface area contributed by atoms with Crippen molar-refractivity contribution in [2.24, 2.45) is 16.3 Å². The molecular weight excluding hydrogens is 381 g/mol. The van der Waals surface area contributed by atoms with Gasteiger partial charge >= 0.3 is 0 Å². The number of halogens is 1. The van der Waals surface area contributed by atoms with E-state index in [9.17, 15) is 5.11 Å². The van der Waals surface area contributed by atoms with E-state index < -0.39 is 0 Å². The van der Waals surface area contributed by atoms with Crippen molar-refractivity contribution in [3.05, 3.63) is 0 Å². The third-order valence-electron chi connectivity index (χ3n) is 4.02. The van der Waals surface area contributed by atoms with Crippen LogP contribution in [0.3, 0.4) is 0 Å². The highest BCUT2D eigenvalue weighted by atomic mass is 127. The topological polar surface area (TPSA) is 65.9 Å². The van der Waals surface area contributed by atoms with Gasteiger partial charge in [0.15, 0.2) is 5.96 Å². The summed E-state index contributed by atoms with van der Waals surface area (Å²) in [6.45, 7) is 6.53. The smallest absolute Gasteiger partial charge is 0.191 e. The van der Waals surface area contributed by atoms with Crippen LogP contribution in [-0.2, 0) is 4.74 Å². The Hall–Kier alpha value is -0.0800.